The van der Waals surface area contributed by atoms with E-state index >= 15 is 0 Å². The minimum atomic E-state index is -3.68. The number of nitrogens with zero attached hydrogens (tertiary/aromatic N) is 1. The van der Waals surface area contributed by atoms with Gasteiger partial charge >= 0.3 is 5.97 Å². The summed E-state index contributed by atoms with van der Waals surface area (Å²) in [5, 5.41) is 8.18. The van der Waals surface area contributed by atoms with Crippen molar-refractivity contribution in [1.29, 1.82) is 0 Å². The molecular formula is C15H18FNO5S. The van der Waals surface area contributed by atoms with Crippen LogP contribution >= 0.6 is 0 Å². The number of hydrogen-bond donors (Lipinski definition) is 1. The SMILES string of the molecule is CC(C)S(=O)(=O)c1ccccc1C(=O)N1CCC(F)(C(=O)O)C1. The van der Waals surface area contributed by atoms with Crippen LogP contribution in [-0.4, -0.2) is 54.3 Å². The normalized spacial score (nSPS) is 21.7. The lowest BCUT2D eigenvalue weighted by Gasteiger charge is -2.20. The van der Waals surface area contributed by atoms with E-state index in [0.717, 1.165) is 4.90 Å². The van der Waals surface area contributed by atoms with Crippen molar-refractivity contribution in [3.8, 4) is 0 Å². The van der Waals surface area contributed by atoms with Crippen molar-refractivity contribution < 1.29 is 27.5 Å². The van der Waals surface area contributed by atoms with Crippen molar-refractivity contribution in [1.82, 2.24) is 4.90 Å². The number of carbonyl (C=O) groups is 2. The number of amides is 1. The highest BCUT2D eigenvalue weighted by molar-refractivity contribution is 7.92. The van der Waals surface area contributed by atoms with Crippen LogP contribution in [0, 0.1) is 0 Å². The molecule has 1 saturated heterocycles. The molecule has 2 rings (SSSR count). The maximum atomic E-state index is 14.1. The van der Waals surface area contributed by atoms with Gasteiger partial charge in [0.1, 0.15) is 0 Å². The molecule has 1 amide bonds. The Morgan fingerprint density at radius 1 is 1.30 bits per heavy atom. The first-order valence-corrected chi connectivity index (χ1v) is 8.69. The van der Waals surface area contributed by atoms with Crippen molar-refractivity contribution in [3.05, 3.63) is 29.8 Å². The second-order valence-electron chi connectivity index (χ2n) is 5.84. The van der Waals surface area contributed by atoms with Gasteiger partial charge in [-0.2, -0.15) is 0 Å². The standard InChI is InChI=1S/C15H18FNO5S/c1-10(2)23(21,22)12-6-4-3-5-11(12)13(18)17-8-7-15(16,9-17)14(19)20/h3-6,10H,7-9H2,1-2H3,(H,19,20). The summed E-state index contributed by atoms with van der Waals surface area (Å²) < 4.78 is 38.8. The Morgan fingerprint density at radius 3 is 2.43 bits per heavy atom. The van der Waals surface area contributed by atoms with E-state index < -0.39 is 39.2 Å². The maximum absolute atomic E-state index is 14.1. The van der Waals surface area contributed by atoms with Crippen LogP contribution in [0.5, 0.6) is 0 Å². The Balaban J connectivity index is 2.38. The molecule has 1 atom stereocenters. The van der Waals surface area contributed by atoms with Crippen molar-refractivity contribution in [2.24, 2.45) is 0 Å². The first kappa shape index (κ1) is 17.4. The van der Waals surface area contributed by atoms with Crippen LogP contribution in [0.1, 0.15) is 30.6 Å². The highest BCUT2D eigenvalue weighted by atomic mass is 32.2. The number of carboxylic acid groups (broad SMARTS) is 1. The maximum Gasteiger partial charge on any atom is 0.343 e. The second kappa shape index (κ2) is 5.92. The molecule has 0 saturated carbocycles. The summed E-state index contributed by atoms with van der Waals surface area (Å²) in [6.07, 6.45) is -0.312. The number of aliphatic carboxylic acids is 1. The second-order valence-corrected chi connectivity index (χ2v) is 8.31. The molecular weight excluding hydrogens is 325 g/mol. The number of hydrogen-bond acceptors (Lipinski definition) is 4. The lowest BCUT2D eigenvalue weighted by Crippen LogP contribution is -2.39. The molecule has 0 aliphatic carbocycles. The zero-order chi connectivity index (χ0) is 17.4. The number of likely N-dealkylation sites (tertiary alicyclic amines) is 1. The monoisotopic (exact) mass is 343 g/mol. The summed E-state index contributed by atoms with van der Waals surface area (Å²) >= 11 is 0. The topological polar surface area (TPSA) is 91.8 Å². The van der Waals surface area contributed by atoms with E-state index in [9.17, 15) is 22.4 Å². The lowest BCUT2D eigenvalue weighted by atomic mass is 10.1. The molecule has 8 heteroatoms. The van der Waals surface area contributed by atoms with E-state index in [-0.39, 0.29) is 23.4 Å². The van der Waals surface area contributed by atoms with Crippen LogP contribution in [0.2, 0.25) is 0 Å². The van der Waals surface area contributed by atoms with Gasteiger partial charge < -0.3 is 10.0 Å². The van der Waals surface area contributed by atoms with Crippen molar-refractivity contribution in [3.63, 3.8) is 0 Å². The van der Waals surface area contributed by atoms with Gasteiger partial charge in [0, 0.05) is 13.0 Å². The summed E-state index contributed by atoms with van der Waals surface area (Å²) in [5.41, 5.74) is -2.54. The number of sulfone groups is 1. The predicted octanol–water partition coefficient (Wildman–Crippen LogP) is 1.51. The number of carbonyl (C=O) groups excluding carboxylic acids is 1. The first-order chi connectivity index (χ1) is 10.6. The summed E-state index contributed by atoms with van der Waals surface area (Å²) in [6, 6.07) is 5.71. The molecule has 0 spiro atoms. The van der Waals surface area contributed by atoms with Gasteiger partial charge in [-0.3, -0.25) is 4.79 Å². The third-order valence-electron chi connectivity index (χ3n) is 3.93. The Morgan fingerprint density at radius 2 is 1.91 bits per heavy atom. The molecule has 6 nitrogen and oxygen atoms in total. The van der Waals surface area contributed by atoms with Crippen LogP contribution in [0.4, 0.5) is 4.39 Å². The van der Waals surface area contributed by atoms with Gasteiger partial charge in [-0.15, -0.1) is 0 Å². The van der Waals surface area contributed by atoms with Crippen molar-refractivity contribution in [2.45, 2.75) is 36.1 Å². The summed E-state index contributed by atoms with van der Waals surface area (Å²) in [7, 11) is -3.68. The average Bonchev–Trinajstić information content (AvgIpc) is 2.90. The molecule has 1 fully saturated rings. The summed E-state index contributed by atoms with van der Waals surface area (Å²) in [4.78, 5) is 24.4. The fraction of sp³-hybridized carbons (Fsp3) is 0.467. The van der Waals surface area contributed by atoms with Crippen LogP contribution in [0.15, 0.2) is 29.2 Å². The Kier molecular flexibility index (Phi) is 4.48. The quantitative estimate of drug-likeness (QED) is 0.895. The van der Waals surface area contributed by atoms with Gasteiger partial charge in [-0.25, -0.2) is 17.6 Å². The van der Waals surface area contributed by atoms with Crippen LogP contribution in [-0.2, 0) is 14.6 Å². The van der Waals surface area contributed by atoms with E-state index in [4.69, 9.17) is 5.11 Å². The Labute approximate surface area is 133 Å². The van der Waals surface area contributed by atoms with E-state index in [1.54, 1.807) is 0 Å². The third kappa shape index (κ3) is 3.08. The third-order valence-corrected chi connectivity index (χ3v) is 6.14. The van der Waals surface area contributed by atoms with Gasteiger partial charge in [0.25, 0.3) is 5.91 Å². The molecule has 23 heavy (non-hydrogen) atoms. The number of benzene rings is 1. The van der Waals surface area contributed by atoms with Gasteiger partial charge in [0.2, 0.25) is 5.67 Å². The lowest BCUT2D eigenvalue weighted by molar-refractivity contribution is -0.149. The molecule has 1 N–H and O–H groups in total. The number of halogens is 1. The molecule has 126 valence electrons. The van der Waals surface area contributed by atoms with Gasteiger partial charge in [-0.1, -0.05) is 12.1 Å². The predicted molar refractivity (Wildman–Crippen MR) is 80.8 cm³/mol. The number of rotatable bonds is 4. The highest BCUT2D eigenvalue weighted by Gasteiger charge is 2.47. The highest BCUT2D eigenvalue weighted by Crippen LogP contribution is 2.29. The van der Waals surface area contributed by atoms with Gasteiger partial charge in [0.15, 0.2) is 9.84 Å². The molecule has 0 bridgehead atoms. The molecule has 0 aromatic heterocycles. The number of carboxylic acids is 1. The van der Waals surface area contributed by atoms with Crippen LogP contribution in [0.25, 0.3) is 0 Å². The van der Waals surface area contributed by atoms with E-state index in [1.165, 1.54) is 38.1 Å². The van der Waals surface area contributed by atoms with Crippen LogP contribution < -0.4 is 0 Å². The van der Waals surface area contributed by atoms with Crippen molar-refractivity contribution >= 4 is 21.7 Å². The molecule has 1 heterocycles. The molecule has 1 aliphatic heterocycles. The van der Waals surface area contributed by atoms with Crippen LogP contribution in [0.3, 0.4) is 0 Å². The molecule has 1 aromatic rings. The minimum Gasteiger partial charge on any atom is -0.479 e. The van der Waals surface area contributed by atoms with Gasteiger partial charge in [0.05, 0.1) is 22.3 Å². The van der Waals surface area contributed by atoms with E-state index in [0.29, 0.717) is 0 Å². The van der Waals surface area contributed by atoms with E-state index in [1.807, 2.05) is 0 Å². The molecule has 1 unspecified atom stereocenters. The van der Waals surface area contributed by atoms with Gasteiger partial charge in [-0.05, 0) is 26.0 Å². The minimum absolute atomic E-state index is 0.0594. The average molecular weight is 343 g/mol. The molecule has 1 aromatic carbocycles. The zero-order valence-corrected chi connectivity index (χ0v) is 13.6. The zero-order valence-electron chi connectivity index (χ0n) is 12.8. The van der Waals surface area contributed by atoms with E-state index in [2.05, 4.69) is 0 Å². The fourth-order valence-corrected chi connectivity index (χ4v) is 3.67. The first-order valence-electron chi connectivity index (χ1n) is 7.14. The molecule has 1 aliphatic rings. The Hall–Kier alpha value is -1.96. The largest absolute Gasteiger partial charge is 0.479 e. The smallest absolute Gasteiger partial charge is 0.343 e. The summed E-state index contributed by atoms with van der Waals surface area (Å²) in [6.45, 7) is 2.35. The Bertz CT molecular complexity index is 746. The fourth-order valence-electron chi connectivity index (χ4n) is 2.44. The summed E-state index contributed by atoms with van der Waals surface area (Å²) in [5.74, 6) is -2.29. The van der Waals surface area contributed by atoms with Crippen molar-refractivity contribution in [2.75, 3.05) is 13.1 Å². The number of alkyl halides is 1. The molecule has 0 radical (unpaired) electrons.